The lowest BCUT2D eigenvalue weighted by Crippen LogP contribution is -1.95. The second-order valence-corrected chi connectivity index (χ2v) is 4.62. The van der Waals surface area contributed by atoms with Gasteiger partial charge in [0.1, 0.15) is 0 Å². The van der Waals surface area contributed by atoms with Crippen molar-refractivity contribution in [3.8, 4) is 0 Å². The number of hydrogen-bond donors (Lipinski definition) is 0. The minimum atomic E-state index is 1.13. The van der Waals surface area contributed by atoms with E-state index in [0.29, 0.717) is 0 Å². The van der Waals surface area contributed by atoms with Gasteiger partial charge >= 0.3 is 0 Å². The molecule has 0 aromatic carbocycles. The molecule has 0 unspecified atom stereocenters. The van der Waals surface area contributed by atoms with Crippen LogP contribution in [-0.2, 0) is 0 Å². The normalized spacial score (nSPS) is 18.1. The quantitative estimate of drug-likeness (QED) is 0.579. The molecule has 1 rings (SSSR count). The molecule has 0 amide bonds. The summed E-state index contributed by atoms with van der Waals surface area (Å²) in [4.78, 5) is 1.50. The zero-order valence-corrected chi connectivity index (χ0v) is 11.8. The van der Waals surface area contributed by atoms with Crippen LogP contribution in [0.2, 0.25) is 0 Å². The summed E-state index contributed by atoms with van der Waals surface area (Å²) in [6, 6.07) is 0. The van der Waals surface area contributed by atoms with E-state index in [9.17, 15) is 0 Å². The lowest BCUT2D eigenvalue weighted by Gasteiger charge is -2.17. The summed E-state index contributed by atoms with van der Waals surface area (Å²) in [5.74, 6) is 1.13. The van der Waals surface area contributed by atoms with Gasteiger partial charge in [0.15, 0.2) is 0 Å². The Bertz CT molecular complexity index is 276. The van der Waals surface area contributed by atoms with Crippen molar-refractivity contribution in [1.29, 1.82) is 0 Å². The van der Waals surface area contributed by atoms with Crippen LogP contribution >= 0.6 is 11.8 Å². The highest BCUT2D eigenvalue weighted by molar-refractivity contribution is 8.03. The largest absolute Gasteiger partial charge is 0.121 e. The summed E-state index contributed by atoms with van der Waals surface area (Å²) < 4.78 is 0. The Hall–Kier alpha value is -0.430. The van der Waals surface area contributed by atoms with E-state index in [4.69, 9.17) is 0 Å². The van der Waals surface area contributed by atoms with Crippen LogP contribution in [0, 0.1) is 0 Å². The van der Waals surface area contributed by atoms with Crippen molar-refractivity contribution < 1.29 is 0 Å². The Morgan fingerprint density at radius 1 is 1.27 bits per heavy atom. The Morgan fingerprint density at radius 2 is 1.87 bits per heavy atom. The van der Waals surface area contributed by atoms with Crippen molar-refractivity contribution in [3.63, 3.8) is 0 Å². The summed E-state index contributed by atoms with van der Waals surface area (Å²) in [5.41, 5.74) is 4.38. The van der Waals surface area contributed by atoms with E-state index in [-0.39, 0.29) is 0 Å². The van der Waals surface area contributed by atoms with Crippen molar-refractivity contribution in [2.45, 2.75) is 48.0 Å². The fourth-order valence-corrected chi connectivity index (χ4v) is 2.54. The molecule has 0 saturated heterocycles. The Morgan fingerprint density at radius 3 is 2.33 bits per heavy atom. The van der Waals surface area contributed by atoms with Crippen LogP contribution in [0.15, 0.2) is 33.8 Å². The van der Waals surface area contributed by atoms with Gasteiger partial charge in [-0.2, -0.15) is 0 Å². The van der Waals surface area contributed by atoms with Gasteiger partial charge in [-0.1, -0.05) is 44.1 Å². The van der Waals surface area contributed by atoms with E-state index >= 15 is 0 Å². The van der Waals surface area contributed by atoms with Crippen LogP contribution in [-0.4, -0.2) is 5.75 Å². The molecule has 0 aliphatic carbocycles. The summed E-state index contributed by atoms with van der Waals surface area (Å²) in [6.45, 7) is 12.8. The lowest BCUT2D eigenvalue weighted by molar-refractivity contribution is 1.09. The third-order valence-electron chi connectivity index (χ3n) is 2.31. The summed E-state index contributed by atoms with van der Waals surface area (Å²) in [6.07, 6.45) is 5.67. The monoisotopic (exact) mass is 224 g/mol. The molecule has 1 aliphatic rings. The molecule has 1 heterocycles. The molecule has 0 N–H and O–H groups in total. The standard InChI is InChI=1S/C12H18S.C2H6/c1-5-10(4)12-11(9(2)3)7-6-8-13-12;1-2/h6-7H,5,8H2,1-4H3;1-2H3/b12-10+;. The fourth-order valence-electron chi connectivity index (χ4n) is 1.36. The van der Waals surface area contributed by atoms with E-state index in [2.05, 4.69) is 39.8 Å². The molecule has 0 bridgehead atoms. The van der Waals surface area contributed by atoms with Crippen LogP contribution in [0.1, 0.15) is 48.0 Å². The highest BCUT2D eigenvalue weighted by Gasteiger charge is 2.10. The zero-order chi connectivity index (χ0) is 11.8. The lowest BCUT2D eigenvalue weighted by atomic mass is 10.1. The third kappa shape index (κ3) is 4.29. The van der Waals surface area contributed by atoms with Crippen molar-refractivity contribution in [2.24, 2.45) is 0 Å². The van der Waals surface area contributed by atoms with Crippen molar-refractivity contribution >= 4 is 11.8 Å². The topological polar surface area (TPSA) is 0 Å². The van der Waals surface area contributed by atoms with Crippen LogP contribution in [0.4, 0.5) is 0 Å². The van der Waals surface area contributed by atoms with Gasteiger partial charge in [-0.3, -0.25) is 0 Å². The molecule has 1 aliphatic heterocycles. The zero-order valence-electron chi connectivity index (χ0n) is 11.0. The Balaban J connectivity index is 0.000000921. The first kappa shape index (κ1) is 14.6. The molecule has 86 valence electrons. The van der Waals surface area contributed by atoms with Gasteiger partial charge in [-0.15, -0.1) is 11.8 Å². The van der Waals surface area contributed by atoms with Crippen molar-refractivity contribution in [1.82, 2.24) is 0 Å². The molecule has 0 aromatic heterocycles. The van der Waals surface area contributed by atoms with Crippen LogP contribution in [0.25, 0.3) is 0 Å². The minimum Gasteiger partial charge on any atom is -0.121 e. The van der Waals surface area contributed by atoms with Gasteiger partial charge < -0.3 is 0 Å². The van der Waals surface area contributed by atoms with Crippen molar-refractivity contribution in [3.05, 3.63) is 33.8 Å². The molecule has 0 spiro atoms. The van der Waals surface area contributed by atoms with E-state index in [1.54, 1.807) is 0 Å². The van der Waals surface area contributed by atoms with Crippen LogP contribution in [0.3, 0.4) is 0 Å². The SMILES string of the molecule is CC.CC/C(C)=C1/SCC=CC1=C(C)C. The molecule has 15 heavy (non-hydrogen) atoms. The first-order valence-electron chi connectivity index (χ1n) is 5.83. The maximum absolute atomic E-state index is 2.26. The molecule has 0 saturated carbocycles. The Kier molecular flexibility index (Phi) is 7.59. The number of allylic oxidation sites excluding steroid dienone is 4. The molecular weight excluding hydrogens is 200 g/mol. The smallest absolute Gasteiger partial charge is 0.0164 e. The first-order valence-corrected chi connectivity index (χ1v) is 6.82. The van der Waals surface area contributed by atoms with Gasteiger partial charge in [-0.25, -0.2) is 0 Å². The number of rotatable bonds is 1. The van der Waals surface area contributed by atoms with Gasteiger partial charge in [0.25, 0.3) is 0 Å². The molecular formula is C14H24S. The average Bonchev–Trinajstić information content (AvgIpc) is 2.30. The van der Waals surface area contributed by atoms with E-state index in [1.807, 2.05) is 25.6 Å². The Labute approximate surface area is 99.5 Å². The minimum absolute atomic E-state index is 1.13. The van der Waals surface area contributed by atoms with E-state index in [0.717, 1.165) is 12.2 Å². The fraction of sp³-hybridized carbons (Fsp3) is 0.571. The maximum Gasteiger partial charge on any atom is 0.0164 e. The van der Waals surface area contributed by atoms with E-state index < -0.39 is 0 Å². The molecule has 0 fully saturated rings. The summed E-state index contributed by atoms with van der Waals surface area (Å²) >= 11 is 1.97. The molecule has 0 aromatic rings. The first-order chi connectivity index (χ1) is 7.16. The van der Waals surface area contributed by atoms with E-state index in [1.165, 1.54) is 21.6 Å². The highest BCUT2D eigenvalue weighted by Crippen LogP contribution is 2.34. The van der Waals surface area contributed by atoms with Gasteiger partial charge in [0.2, 0.25) is 0 Å². The average molecular weight is 224 g/mol. The highest BCUT2D eigenvalue weighted by atomic mass is 32.2. The predicted octanol–water partition coefficient (Wildman–Crippen LogP) is 5.34. The van der Waals surface area contributed by atoms with Gasteiger partial charge in [-0.05, 0) is 32.8 Å². The molecule has 0 nitrogen and oxygen atoms in total. The molecule has 0 radical (unpaired) electrons. The van der Waals surface area contributed by atoms with Crippen LogP contribution in [0.5, 0.6) is 0 Å². The number of hydrogen-bond acceptors (Lipinski definition) is 1. The number of thioether (sulfide) groups is 1. The van der Waals surface area contributed by atoms with Crippen LogP contribution < -0.4 is 0 Å². The molecule has 1 heteroatoms. The summed E-state index contributed by atoms with van der Waals surface area (Å²) in [7, 11) is 0. The predicted molar refractivity (Wildman–Crippen MR) is 74.3 cm³/mol. The summed E-state index contributed by atoms with van der Waals surface area (Å²) in [5, 5.41) is 0. The second kappa shape index (κ2) is 7.81. The third-order valence-corrected chi connectivity index (χ3v) is 3.53. The van der Waals surface area contributed by atoms with Gasteiger partial charge in [0.05, 0.1) is 0 Å². The van der Waals surface area contributed by atoms with Gasteiger partial charge in [0, 0.05) is 10.7 Å². The maximum atomic E-state index is 2.26. The van der Waals surface area contributed by atoms with Crippen molar-refractivity contribution in [2.75, 3.05) is 5.75 Å². The molecule has 0 atom stereocenters. The second-order valence-electron chi connectivity index (χ2n) is 3.59.